The minimum Gasteiger partial charge on any atom is -0.415 e. The number of hydrogen-bond acceptors (Lipinski definition) is 4. The molecule has 154 valence electrons. The summed E-state index contributed by atoms with van der Waals surface area (Å²) in [6.07, 6.45) is 3.72. The van der Waals surface area contributed by atoms with Crippen molar-refractivity contribution in [1.29, 1.82) is 0 Å². The number of nitrogens with zero attached hydrogens (tertiary/aromatic N) is 1. The molecule has 1 aliphatic carbocycles. The molecular formula is C20H36N2O3SSi. The van der Waals surface area contributed by atoms with Crippen LogP contribution in [0, 0.1) is 0 Å². The van der Waals surface area contributed by atoms with Gasteiger partial charge in [-0.05, 0) is 55.2 Å². The molecule has 0 amide bonds. The van der Waals surface area contributed by atoms with Gasteiger partial charge >= 0.3 is 0 Å². The monoisotopic (exact) mass is 412 g/mol. The highest BCUT2D eigenvalue weighted by Crippen LogP contribution is 2.39. The van der Waals surface area contributed by atoms with Crippen LogP contribution in [0.4, 0.5) is 5.69 Å². The van der Waals surface area contributed by atoms with Gasteiger partial charge in [0.15, 0.2) is 8.32 Å². The fourth-order valence-corrected chi connectivity index (χ4v) is 5.65. The van der Waals surface area contributed by atoms with Gasteiger partial charge < -0.3 is 9.33 Å². The Hall–Kier alpha value is -0.893. The largest absolute Gasteiger partial charge is 0.415 e. The maximum absolute atomic E-state index is 13.0. The first-order valence-electron chi connectivity index (χ1n) is 9.73. The molecule has 1 saturated carbocycles. The van der Waals surface area contributed by atoms with Gasteiger partial charge in [-0.15, -0.1) is 0 Å². The highest BCUT2D eigenvalue weighted by Gasteiger charge is 2.43. The molecule has 0 saturated heterocycles. The van der Waals surface area contributed by atoms with Gasteiger partial charge in [-0.1, -0.05) is 33.6 Å². The summed E-state index contributed by atoms with van der Waals surface area (Å²) in [5.41, 5.74) is 0.486. The topological polar surface area (TPSA) is 58.6 Å². The van der Waals surface area contributed by atoms with E-state index in [1.54, 1.807) is 12.1 Å². The summed E-state index contributed by atoms with van der Waals surface area (Å²) in [7, 11) is -1.64. The number of benzene rings is 1. The average molecular weight is 413 g/mol. The predicted molar refractivity (Wildman–Crippen MR) is 115 cm³/mol. The van der Waals surface area contributed by atoms with E-state index in [0.29, 0.717) is 11.5 Å². The Kier molecular flexibility index (Phi) is 6.51. The molecule has 0 atom stereocenters. The van der Waals surface area contributed by atoms with Crippen LogP contribution in [-0.4, -0.2) is 43.0 Å². The lowest BCUT2D eigenvalue weighted by Crippen LogP contribution is -2.53. The molecule has 0 radical (unpaired) electrons. The SMILES string of the molecule is CN(C)c1ccc(S(=O)(=O)NC2(CO[Si](C)(C)C(C)(C)C)CCCC2)cc1. The van der Waals surface area contributed by atoms with E-state index in [0.717, 1.165) is 31.4 Å². The van der Waals surface area contributed by atoms with Crippen LogP contribution in [0.1, 0.15) is 46.5 Å². The Bertz CT molecular complexity index is 731. The maximum atomic E-state index is 13.0. The van der Waals surface area contributed by atoms with E-state index < -0.39 is 23.9 Å². The van der Waals surface area contributed by atoms with E-state index in [4.69, 9.17) is 4.43 Å². The van der Waals surface area contributed by atoms with Crippen molar-refractivity contribution in [2.24, 2.45) is 0 Å². The number of rotatable bonds is 7. The van der Waals surface area contributed by atoms with Crippen LogP contribution in [0.2, 0.25) is 18.1 Å². The lowest BCUT2D eigenvalue weighted by atomic mass is 10.0. The summed E-state index contributed by atoms with van der Waals surface area (Å²) in [6.45, 7) is 11.5. The summed E-state index contributed by atoms with van der Waals surface area (Å²) in [6, 6.07) is 7.02. The molecule has 7 heteroatoms. The van der Waals surface area contributed by atoms with E-state index in [1.807, 2.05) is 31.1 Å². The fourth-order valence-electron chi connectivity index (χ4n) is 3.13. The molecule has 0 spiro atoms. The van der Waals surface area contributed by atoms with Crippen molar-refractivity contribution < 1.29 is 12.8 Å². The smallest absolute Gasteiger partial charge is 0.241 e. The van der Waals surface area contributed by atoms with Crippen LogP contribution in [0.25, 0.3) is 0 Å². The third-order valence-electron chi connectivity index (χ3n) is 6.09. The second kappa shape index (κ2) is 7.85. The van der Waals surface area contributed by atoms with Crippen LogP contribution in [0.3, 0.4) is 0 Å². The molecule has 2 rings (SSSR count). The third-order valence-corrected chi connectivity index (χ3v) is 12.2. The maximum Gasteiger partial charge on any atom is 0.241 e. The molecule has 0 unspecified atom stereocenters. The number of sulfonamides is 1. The molecule has 0 heterocycles. The second-order valence-electron chi connectivity index (χ2n) is 9.53. The normalized spacial score (nSPS) is 17.9. The molecule has 5 nitrogen and oxygen atoms in total. The van der Waals surface area contributed by atoms with Crippen LogP contribution in [-0.2, 0) is 14.4 Å². The van der Waals surface area contributed by atoms with Gasteiger partial charge in [0.25, 0.3) is 0 Å². The van der Waals surface area contributed by atoms with Crippen LogP contribution < -0.4 is 9.62 Å². The first-order chi connectivity index (χ1) is 12.3. The van der Waals surface area contributed by atoms with Gasteiger partial charge in [-0.25, -0.2) is 13.1 Å². The Morgan fingerprint density at radius 3 is 2.07 bits per heavy atom. The first kappa shape index (κ1) is 22.4. The molecule has 0 aliphatic heterocycles. The molecule has 1 aliphatic rings. The molecule has 1 aromatic carbocycles. The van der Waals surface area contributed by atoms with Gasteiger partial charge in [0.1, 0.15) is 0 Å². The molecule has 1 fully saturated rings. The zero-order valence-electron chi connectivity index (χ0n) is 17.9. The van der Waals surface area contributed by atoms with Gasteiger partial charge in [-0.2, -0.15) is 0 Å². The number of hydrogen-bond donors (Lipinski definition) is 1. The molecular weight excluding hydrogens is 376 g/mol. The quantitative estimate of drug-likeness (QED) is 0.676. The molecule has 0 aromatic heterocycles. The van der Waals surface area contributed by atoms with E-state index in [9.17, 15) is 8.42 Å². The Balaban J connectivity index is 2.19. The molecule has 1 N–H and O–H groups in total. The Labute approximate surface area is 166 Å². The lowest BCUT2D eigenvalue weighted by Gasteiger charge is -2.40. The van der Waals surface area contributed by atoms with Crippen molar-refractivity contribution in [2.75, 3.05) is 25.6 Å². The summed E-state index contributed by atoms with van der Waals surface area (Å²) >= 11 is 0. The average Bonchev–Trinajstić information content (AvgIpc) is 3.00. The van der Waals surface area contributed by atoms with Gasteiger partial charge in [-0.3, -0.25) is 0 Å². The minimum absolute atomic E-state index is 0.105. The molecule has 0 bridgehead atoms. The van der Waals surface area contributed by atoms with E-state index in [-0.39, 0.29) is 5.04 Å². The number of nitrogens with one attached hydrogen (secondary N) is 1. The molecule has 27 heavy (non-hydrogen) atoms. The van der Waals surface area contributed by atoms with Crippen LogP contribution in [0.5, 0.6) is 0 Å². The van der Waals surface area contributed by atoms with E-state index in [2.05, 4.69) is 38.6 Å². The van der Waals surface area contributed by atoms with Crippen molar-refractivity contribution in [3.8, 4) is 0 Å². The second-order valence-corrected chi connectivity index (χ2v) is 16.0. The lowest BCUT2D eigenvalue weighted by molar-refractivity contribution is 0.189. The Morgan fingerprint density at radius 2 is 1.63 bits per heavy atom. The van der Waals surface area contributed by atoms with Crippen molar-refractivity contribution in [2.45, 2.75) is 75.0 Å². The van der Waals surface area contributed by atoms with E-state index in [1.165, 1.54) is 0 Å². The fraction of sp³-hybridized carbons (Fsp3) is 0.700. The number of anilines is 1. The zero-order chi connectivity index (χ0) is 20.5. The van der Waals surface area contributed by atoms with Crippen molar-refractivity contribution in [1.82, 2.24) is 4.72 Å². The van der Waals surface area contributed by atoms with Gasteiger partial charge in [0.2, 0.25) is 10.0 Å². The van der Waals surface area contributed by atoms with Crippen molar-refractivity contribution in [3.05, 3.63) is 24.3 Å². The van der Waals surface area contributed by atoms with Crippen LogP contribution >= 0.6 is 0 Å². The summed E-state index contributed by atoms with van der Waals surface area (Å²) in [4.78, 5) is 2.27. The Morgan fingerprint density at radius 1 is 1.11 bits per heavy atom. The van der Waals surface area contributed by atoms with Crippen molar-refractivity contribution >= 4 is 24.0 Å². The summed E-state index contributed by atoms with van der Waals surface area (Å²) in [5.74, 6) is 0. The predicted octanol–water partition coefficient (Wildman–Crippen LogP) is 4.37. The minimum atomic E-state index is -3.58. The standard InChI is InChI=1S/C20H36N2O3SSi/c1-19(2,3)27(6,7)25-16-20(14-8-9-15-20)21-26(23,24)18-12-10-17(11-13-18)22(4)5/h10-13,21H,8-9,14-16H2,1-7H3. The zero-order valence-corrected chi connectivity index (χ0v) is 19.7. The summed E-state index contributed by atoms with van der Waals surface area (Å²) in [5, 5.41) is 0.105. The third kappa shape index (κ3) is 5.34. The van der Waals surface area contributed by atoms with Crippen LogP contribution in [0.15, 0.2) is 29.2 Å². The van der Waals surface area contributed by atoms with Gasteiger partial charge in [0, 0.05) is 19.8 Å². The highest BCUT2D eigenvalue weighted by molar-refractivity contribution is 7.89. The van der Waals surface area contributed by atoms with E-state index >= 15 is 0 Å². The highest BCUT2D eigenvalue weighted by atomic mass is 32.2. The summed E-state index contributed by atoms with van der Waals surface area (Å²) < 4.78 is 35.5. The first-order valence-corrected chi connectivity index (χ1v) is 14.1. The van der Waals surface area contributed by atoms with Crippen molar-refractivity contribution in [3.63, 3.8) is 0 Å². The van der Waals surface area contributed by atoms with Gasteiger partial charge in [0.05, 0.1) is 17.0 Å². The molecule has 1 aromatic rings.